The van der Waals surface area contributed by atoms with Crippen molar-refractivity contribution in [2.45, 2.75) is 57.4 Å². The van der Waals surface area contributed by atoms with E-state index in [0.29, 0.717) is 25.9 Å². The zero-order chi connectivity index (χ0) is 13.9. The maximum atomic E-state index is 12.4. The minimum absolute atomic E-state index is 0.0164. The first-order valence-electron chi connectivity index (χ1n) is 7.30. The predicted octanol–water partition coefficient (Wildman–Crippen LogP) is 1.36. The van der Waals surface area contributed by atoms with Crippen molar-refractivity contribution in [3.8, 4) is 0 Å². The second-order valence-electron chi connectivity index (χ2n) is 6.02. The Hall–Kier alpha value is -1.10. The molecule has 0 radical (unpaired) electrons. The molecule has 1 atom stereocenters. The van der Waals surface area contributed by atoms with Crippen LogP contribution in [0.2, 0.25) is 0 Å². The molecule has 1 saturated carbocycles. The highest BCUT2D eigenvalue weighted by Gasteiger charge is 2.39. The van der Waals surface area contributed by atoms with E-state index in [4.69, 9.17) is 10.8 Å². The van der Waals surface area contributed by atoms with E-state index in [1.165, 1.54) is 6.42 Å². The van der Waals surface area contributed by atoms with E-state index < -0.39 is 12.0 Å². The fourth-order valence-electron chi connectivity index (χ4n) is 3.50. The number of hydrogen-bond acceptors (Lipinski definition) is 3. The van der Waals surface area contributed by atoms with Crippen LogP contribution in [0.25, 0.3) is 0 Å². The van der Waals surface area contributed by atoms with E-state index in [9.17, 15) is 9.59 Å². The van der Waals surface area contributed by atoms with Gasteiger partial charge in [0.25, 0.3) is 0 Å². The number of aliphatic carboxylic acids is 1. The largest absolute Gasteiger partial charge is 0.480 e. The Morgan fingerprint density at radius 1 is 1.21 bits per heavy atom. The molecule has 1 saturated heterocycles. The highest BCUT2D eigenvalue weighted by Crippen LogP contribution is 2.39. The first-order valence-corrected chi connectivity index (χ1v) is 7.30. The molecule has 0 bridgehead atoms. The fourth-order valence-corrected chi connectivity index (χ4v) is 3.50. The monoisotopic (exact) mass is 268 g/mol. The lowest BCUT2D eigenvalue weighted by Gasteiger charge is -2.37. The van der Waals surface area contributed by atoms with E-state index in [-0.39, 0.29) is 11.3 Å². The number of nitrogens with zero attached hydrogens (tertiary/aromatic N) is 1. The molecule has 1 heterocycles. The summed E-state index contributed by atoms with van der Waals surface area (Å²) in [6.07, 6.45) is 7.28. The number of amides is 1. The Morgan fingerprint density at radius 2 is 1.89 bits per heavy atom. The molecule has 0 aromatic heterocycles. The van der Waals surface area contributed by atoms with Gasteiger partial charge in [-0.05, 0) is 37.6 Å². The Labute approximate surface area is 114 Å². The van der Waals surface area contributed by atoms with Crippen LogP contribution < -0.4 is 5.73 Å². The maximum absolute atomic E-state index is 12.4. The molecule has 108 valence electrons. The van der Waals surface area contributed by atoms with Gasteiger partial charge in [-0.3, -0.25) is 4.79 Å². The van der Waals surface area contributed by atoms with Crippen molar-refractivity contribution in [2.75, 3.05) is 13.1 Å². The third-order valence-electron chi connectivity index (χ3n) is 4.73. The van der Waals surface area contributed by atoms with Crippen molar-refractivity contribution in [3.05, 3.63) is 0 Å². The minimum Gasteiger partial charge on any atom is -0.480 e. The third-order valence-corrected chi connectivity index (χ3v) is 4.73. The number of carbonyl (C=O) groups is 2. The molecule has 3 N–H and O–H groups in total. The number of nitrogens with two attached hydrogens (primary N) is 1. The molecule has 1 aliphatic heterocycles. The molecule has 0 spiro atoms. The first-order chi connectivity index (χ1) is 9.08. The first kappa shape index (κ1) is 14.3. The summed E-state index contributed by atoms with van der Waals surface area (Å²) in [6.45, 7) is 1.11. The van der Waals surface area contributed by atoms with Gasteiger partial charge in [0.15, 0.2) is 0 Å². The highest BCUT2D eigenvalue weighted by atomic mass is 16.4. The summed E-state index contributed by atoms with van der Waals surface area (Å²) >= 11 is 0. The van der Waals surface area contributed by atoms with Gasteiger partial charge in [0.1, 0.15) is 6.04 Å². The van der Waals surface area contributed by atoms with Crippen LogP contribution in [-0.4, -0.2) is 41.0 Å². The highest BCUT2D eigenvalue weighted by molar-refractivity contribution is 5.84. The summed E-state index contributed by atoms with van der Waals surface area (Å²) < 4.78 is 0. The molecule has 2 aliphatic rings. The normalized spacial score (nSPS) is 26.4. The molecule has 1 unspecified atom stereocenters. The van der Waals surface area contributed by atoms with Crippen molar-refractivity contribution in [2.24, 2.45) is 11.1 Å². The van der Waals surface area contributed by atoms with Crippen molar-refractivity contribution in [1.82, 2.24) is 4.90 Å². The van der Waals surface area contributed by atoms with Crippen molar-refractivity contribution < 1.29 is 14.7 Å². The number of likely N-dealkylation sites (tertiary alicyclic amines) is 1. The molecular formula is C14H24N2O3. The van der Waals surface area contributed by atoms with E-state index in [1.807, 2.05) is 0 Å². The number of rotatable bonds is 4. The van der Waals surface area contributed by atoms with Crippen LogP contribution in [0, 0.1) is 5.41 Å². The average molecular weight is 268 g/mol. The molecular weight excluding hydrogens is 244 g/mol. The maximum Gasteiger partial charge on any atom is 0.326 e. The topological polar surface area (TPSA) is 83.6 Å². The molecule has 5 heteroatoms. The Bertz CT molecular complexity index is 351. The Balaban J connectivity index is 2.01. The van der Waals surface area contributed by atoms with Gasteiger partial charge in [-0.2, -0.15) is 0 Å². The van der Waals surface area contributed by atoms with Gasteiger partial charge in [0.05, 0.1) is 0 Å². The molecule has 1 amide bonds. The van der Waals surface area contributed by atoms with E-state index >= 15 is 0 Å². The van der Waals surface area contributed by atoms with Crippen LogP contribution in [0.15, 0.2) is 0 Å². The van der Waals surface area contributed by atoms with Gasteiger partial charge in [-0.15, -0.1) is 0 Å². The quantitative estimate of drug-likeness (QED) is 0.806. The second kappa shape index (κ2) is 5.90. The van der Waals surface area contributed by atoms with Gasteiger partial charge in [0.2, 0.25) is 5.91 Å². The van der Waals surface area contributed by atoms with E-state index in [1.54, 1.807) is 4.90 Å². The summed E-state index contributed by atoms with van der Waals surface area (Å²) in [4.78, 5) is 25.1. The lowest BCUT2D eigenvalue weighted by Crippen LogP contribution is -2.44. The zero-order valence-electron chi connectivity index (χ0n) is 11.4. The molecule has 2 rings (SSSR count). The summed E-state index contributed by atoms with van der Waals surface area (Å²) in [5, 5.41) is 9.14. The van der Waals surface area contributed by atoms with Crippen LogP contribution in [0.4, 0.5) is 0 Å². The second-order valence-corrected chi connectivity index (χ2v) is 6.02. The molecule has 2 fully saturated rings. The number of carboxylic acid groups (broad SMARTS) is 1. The average Bonchev–Trinajstić information content (AvgIpc) is 2.89. The predicted molar refractivity (Wildman–Crippen MR) is 71.6 cm³/mol. The number of hydrogen-bond donors (Lipinski definition) is 2. The van der Waals surface area contributed by atoms with Crippen LogP contribution in [0.5, 0.6) is 0 Å². The number of carbonyl (C=O) groups excluding carboxylic acids is 1. The van der Waals surface area contributed by atoms with Gasteiger partial charge in [-0.1, -0.05) is 19.3 Å². The lowest BCUT2D eigenvalue weighted by atomic mass is 9.71. The molecule has 0 aromatic carbocycles. The van der Waals surface area contributed by atoms with Crippen LogP contribution >= 0.6 is 0 Å². The summed E-state index contributed by atoms with van der Waals surface area (Å²) in [5.41, 5.74) is 5.81. The molecule has 0 aromatic rings. The fraction of sp³-hybridized carbons (Fsp3) is 0.857. The molecule has 19 heavy (non-hydrogen) atoms. The van der Waals surface area contributed by atoms with Crippen LogP contribution in [-0.2, 0) is 9.59 Å². The summed E-state index contributed by atoms with van der Waals surface area (Å²) in [6, 6.07) is -0.620. The Morgan fingerprint density at radius 3 is 2.47 bits per heavy atom. The van der Waals surface area contributed by atoms with Gasteiger partial charge >= 0.3 is 5.97 Å². The van der Waals surface area contributed by atoms with Gasteiger partial charge < -0.3 is 15.7 Å². The van der Waals surface area contributed by atoms with E-state index in [2.05, 4.69) is 0 Å². The smallest absolute Gasteiger partial charge is 0.326 e. The lowest BCUT2D eigenvalue weighted by molar-refractivity contribution is -0.149. The SMILES string of the molecule is NCC1(CC(=O)N2CCCC2C(=O)O)CCCCC1. The van der Waals surface area contributed by atoms with Crippen LogP contribution in [0.1, 0.15) is 51.4 Å². The minimum atomic E-state index is -0.878. The Kier molecular flexibility index (Phi) is 4.45. The van der Waals surface area contributed by atoms with Gasteiger partial charge in [0, 0.05) is 13.0 Å². The summed E-state index contributed by atoms with van der Waals surface area (Å²) in [5.74, 6) is -0.895. The molecule has 5 nitrogen and oxygen atoms in total. The van der Waals surface area contributed by atoms with E-state index in [0.717, 1.165) is 32.1 Å². The third kappa shape index (κ3) is 3.08. The standard InChI is InChI=1S/C14H24N2O3/c15-10-14(6-2-1-3-7-14)9-12(17)16-8-4-5-11(16)13(18)19/h11H,1-10,15H2,(H,18,19). The zero-order valence-corrected chi connectivity index (χ0v) is 11.4. The van der Waals surface area contributed by atoms with Gasteiger partial charge in [-0.25, -0.2) is 4.79 Å². The molecule has 1 aliphatic carbocycles. The number of carboxylic acids is 1. The van der Waals surface area contributed by atoms with Crippen molar-refractivity contribution in [3.63, 3.8) is 0 Å². The van der Waals surface area contributed by atoms with Crippen molar-refractivity contribution >= 4 is 11.9 Å². The summed E-state index contributed by atoms with van der Waals surface area (Å²) in [7, 11) is 0. The van der Waals surface area contributed by atoms with Crippen LogP contribution in [0.3, 0.4) is 0 Å². The van der Waals surface area contributed by atoms with Crippen molar-refractivity contribution in [1.29, 1.82) is 0 Å².